The second-order valence-electron chi connectivity index (χ2n) is 8.20. The molecule has 0 amide bonds. The van der Waals surface area contributed by atoms with Gasteiger partial charge in [0, 0.05) is 24.0 Å². The number of allylic oxidation sites excluding steroid dienone is 1. The van der Waals surface area contributed by atoms with Gasteiger partial charge in [-0.25, -0.2) is 4.39 Å². The number of rotatable bonds is 9. The fourth-order valence-corrected chi connectivity index (χ4v) is 4.05. The predicted octanol–water partition coefficient (Wildman–Crippen LogP) is 10.2. The van der Waals surface area contributed by atoms with Crippen LogP contribution < -0.4 is 0 Å². The fourth-order valence-electron chi connectivity index (χ4n) is 3.44. The first-order valence-corrected chi connectivity index (χ1v) is 11.8. The van der Waals surface area contributed by atoms with E-state index in [4.69, 9.17) is 34.8 Å². The summed E-state index contributed by atoms with van der Waals surface area (Å²) in [4.78, 5) is 23.6. The highest BCUT2D eigenvalue weighted by Gasteiger charge is 2.41. The summed E-state index contributed by atoms with van der Waals surface area (Å²) in [5.74, 6) is -6.90. The van der Waals surface area contributed by atoms with Gasteiger partial charge in [-0.2, -0.15) is 39.5 Å². The summed E-state index contributed by atoms with van der Waals surface area (Å²) in [6, 6.07) is 2.83. The van der Waals surface area contributed by atoms with Crippen molar-refractivity contribution in [3.05, 3.63) is 73.7 Å². The number of benzene rings is 2. The minimum absolute atomic E-state index is 0.000853. The average molecular weight is 632 g/mol. The van der Waals surface area contributed by atoms with Crippen molar-refractivity contribution < 1.29 is 53.5 Å². The van der Waals surface area contributed by atoms with E-state index in [2.05, 4.69) is 0 Å². The molecule has 0 heterocycles. The van der Waals surface area contributed by atoms with Crippen molar-refractivity contribution in [2.24, 2.45) is 0 Å². The lowest BCUT2D eigenvalue weighted by Gasteiger charge is -2.19. The molecule has 0 saturated heterocycles. The highest BCUT2D eigenvalue weighted by atomic mass is 35.5. The molecule has 0 aliphatic carbocycles. The van der Waals surface area contributed by atoms with Crippen LogP contribution in [0.25, 0.3) is 5.83 Å². The van der Waals surface area contributed by atoms with Crippen LogP contribution in [-0.2, 0) is 11.0 Å². The number of carbonyl (C=O) groups excluding carboxylic acids is 2. The molecule has 2 aromatic rings. The molecule has 0 N–H and O–H groups in total. The number of ketones is 2. The minimum atomic E-state index is -5.26. The van der Waals surface area contributed by atoms with Crippen molar-refractivity contribution in [1.29, 1.82) is 0 Å². The molecule has 1 atom stereocenters. The third-order valence-electron chi connectivity index (χ3n) is 5.19. The first-order chi connectivity index (χ1) is 17.7. The Morgan fingerprint density at radius 2 is 1.41 bits per heavy atom. The van der Waals surface area contributed by atoms with E-state index in [9.17, 15) is 53.5 Å². The van der Waals surface area contributed by atoms with Crippen molar-refractivity contribution in [1.82, 2.24) is 0 Å². The van der Waals surface area contributed by atoms with E-state index in [1.165, 1.54) is 0 Å². The van der Waals surface area contributed by atoms with Gasteiger partial charge in [-0.1, -0.05) is 46.9 Å². The molecule has 0 aliphatic rings. The summed E-state index contributed by atoms with van der Waals surface area (Å²) in [6.07, 6.45) is -18.9. The third kappa shape index (κ3) is 9.39. The minimum Gasteiger partial charge on any atom is -0.299 e. The molecule has 15 heteroatoms. The maximum atomic E-state index is 14.9. The SMILES string of the molecule is O=C(CCCC(=O)c1ccc(/C(F)=C/C(c2cc(Cl)c(Cl)c(Cl)c2)C(F)(F)F)cc1C(F)(F)F)CC(F)(F)F. The molecular weight excluding hydrogens is 617 g/mol. The second-order valence-corrected chi connectivity index (χ2v) is 9.39. The van der Waals surface area contributed by atoms with E-state index >= 15 is 0 Å². The van der Waals surface area contributed by atoms with Crippen LogP contribution in [0.4, 0.5) is 43.9 Å². The molecule has 39 heavy (non-hydrogen) atoms. The highest BCUT2D eigenvalue weighted by molar-refractivity contribution is 6.48. The Morgan fingerprint density at radius 3 is 1.90 bits per heavy atom. The molecule has 0 aliphatic heterocycles. The molecule has 0 aromatic heterocycles. The third-order valence-corrected chi connectivity index (χ3v) is 6.39. The van der Waals surface area contributed by atoms with E-state index in [1.54, 1.807) is 0 Å². The van der Waals surface area contributed by atoms with E-state index in [0.717, 1.165) is 12.1 Å². The lowest BCUT2D eigenvalue weighted by atomic mass is 9.94. The number of hydrogen-bond donors (Lipinski definition) is 0. The summed E-state index contributed by atoms with van der Waals surface area (Å²) in [7, 11) is 0. The molecule has 2 rings (SSSR count). The largest absolute Gasteiger partial charge is 0.417 e. The molecule has 0 fully saturated rings. The van der Waals surface area contributed by atoms with Crippen molar-refractivity contribution >= 4 is 52.2 Å². The van der Waals surface area contributed by atoms with Gasteiger partial charge in [0.05, 0.1) is 20.6 Å². The molecule has 0 bridgehead atoms. The van der Waals surface area contributed by atoms with Crippen molar-refractivity contribution in [2.45, 2.75) is 50.1 Å². The Morgan fingerprint density at radius 1 is 0.846 bits per heavy atom. The molecule has 2 aromatic carbocycles. The normalized spacial score (nSPS) is 13.9. The van der Waals surface area contributed by atoms with Gasteiger partial charge in [0.25, 0.3) is 0 Å². The number of Topliss-reactive ketones (excluding diaryl/α,β-unsaturated/α-hetero) is 2. The molecule has 0 saturated carbocycles. The Kier molecular flexibility index (Phi) is 10.5. The van der Waals surface area contributed by atoms with E-state index in [0.29, 0.717) is 12.1 Å². The molecule has 214 valence electrons. The van der Waals surface area contributed by atoms with Crippen LogP contribution in [0.1, 0.15) is 58.6 Å². The standard InChI is InChI=1S/C24H15Cl3F10O2/c25-17-7-12(8-18(26)21(17)27)15(23(32,33)34)9-19(28)11-4-5-14(16(6-11)24(35,36)37)20(39)3-1-2-13(38)10-22(29,30)31/h4-9,15H,1-3,10H2/b19-9-. The molecule has 2 nitrogen and oxygen atoms in total. The molecule has 0 radical (unpaired) electrons. The monoisotopic (exact) mass is 630 g/mol. The number of hydrogen-bond acceptors (Lipinski definition) is 2. The summed E-state index contributed by atoms with van der Waals surface area (Å²) < 4.78 is 134. The summed E-state index contributed by atoms with van der Waals surface area (Å²) in [5.41, 5.74) is -4.28. The smallest absolute Gasteiger partial charge is 0.299 e. The molecular formula is C24H15Cl3F10O2. The molecule has 0 spiro atoms. The molecule has 1 unspecified atom stereocenters. The van der Waals surface area contributed by atoms with Crippen LogP contribution in [0.5, 0.6) is 0 Å². The number of alkyl halides is 9. The van der Waals surface area contributed by atoms with Crippen LogP contribution >= 0.6 is 34.8 Å². The number of carbonyl (C=O) groups is 2. The van der Waals surface area contributed by atoms with Gasteiger partial charge in [0.2, 0.25) is 0 Å². The van der Waals surface area contributed by atoms with Crippen molar-refractivity contribution in [3.8, 4) is 0 Å². The van der Waals surface area contributed by atoms with E-state index in [-0.39, 0.29) is 27.2 Å². The van der Waals surface area contributed by atoms with Crippen LogP contribution in [0.15, 0.2) is 36.4 Å². The topological polar surface area (TPSA) is 34.1 Å². The summed E-state index contributed by atoms with van der Waals surface area (Å²) in [5, 5.41) is -1.04. The average Bonchev–Trinajstić information content (AvgIpc) is 2.77. The number of halogens is 13. The van der Waals surface area contributed by atoms with Crippen LogP contribution in [0.3, 0.4) is 0 Å². The van der Waals surface area contributed by atoms with E-state index < -0.39 is 89.8 Å². The van der Waals surface area contributed by atoms with Crippen molar-refractivity contribution in [3.63, 3.8) is 0 Å². The first kappa shape index (κ1) is 32.9. The van der Waals surface area contributed by atoms with Gasteiger partial charge in [0.1, 0.15) is 23.9 Å². The first-order valence-electron chi connectivity index (χ1n) is 10.6. The summed E-state index contributed by atoms with van der Waals surface area (Å²) in [6.45, 7) is 0. The zero-order valence-electron chi connectivity index (χ0n) is 19.1. The van der Waals surface area contributed by atoms with Gasteiger partial charge in [-0.15, -0.1) is 0 Å². The van der Waals surface area contributed by atoms with Crippen molar-refractivity contribution in [2.75, 3.05) is 0 Å². The lowest BCUT2D eigenvalue weighted by molar-refractivity contribution is -0.152. The highest BCUT2D eigenvalue weighted by Crippen LogP contribution is 2.43. The van der Waals surface area contributed by atoms with Gasteiger partial charge >= 0.3 is 18.5 Å². The van der Waals surface area contributed by atoms with Gasteiger partial charge in [-0.05, 0) is 36.3 Å². The van der Waals surface area contributed by atoms with Gasteiger partial charge < -0.3 is 0 Å². The fraction of sp³-hybridized carbons (Fsp3) is 0.333. The van der Waals surface area contributed by atoms with Crippen LogP contribution in [0.2, 0.25) is 15.1 Å². The zero-order chi connectivity index (χ0) is 29.9. The quantitative estimate of drug-likeness (QED) is 0.157. The Balaban J connectivity index is 2.40. The maximum absolute atomic E-state index is 14.9. The summed E-state index contributed by atoms with van der Waals surface area (Å²) >= 11 is 17.2. The van der Waals surface area contributed by atoms with Crippen LogP contribution in [0, 0.1) is 0 Å². The Labute approximate surface area is 229 Å². The zero-order valence-corrected chi connectivity index (χ0v) is 21.4. The van der Waals surface area contributed by atoms with Gasteiger partial charge in [-0.3, -0.25) is 9.59 Å². The van der Waals surface area contributed by atoms with Crippen LogP contribution in [-0.4, -0.2) is 23.9 Å². The lowest BCUT2D eigenvalue weighted by Crippen LogP contribution is -2.19. The Hall–Kier alpha value is -2.31. The predicted molar refractivity (Wildman–Crippen MR) is 125 cm³/mol. The second kappa shape index (κ2) is 12.5. The van der Waals surface area contributed by atoms with E-state index in [1.807, 2.05) is 0 Å². The van der Waals surface area contributed by atoms with Gasteiger partial charge in [0.15, 0.2) is 5.78 Å². The Bertz CT molecular complexity index is 1240. The maximum Gasteiger partial charge on any atom is 0.417 e.